The number of hydrogen-bond donors (Lipinski definition) is 3. The number of methoxy groups -OCH3 is 1. The monoisotopic (exact) mass is 297 g/mol. The van der Waals surface area contributed by atoms with Crippen molar-refractivity contribution < 1.29 is 24.4 Å². The molecule has 0 unspecified atom stereocenters. The molecule has 0 saturated heterocycles. The quantitative estimate of drug-likeness (QED) is 0.539. The molecule has 1 aromatic rings. The summed E-state index contributed by atoms with van der Waals surface area (Å²) in [5.74, 6) is -0.946. The lowest BCUT2D eigenvalue weighted by Crippen LogP contribution is -2.42. The Labute approximate surface area is 120 Å². The van der Waals surface area contributed by atoms with Crippen LogP contribution in [0.1, 0.15) is 13.3 Å². The van der Waals surface area contributed by atoms with E-state index in [1.165, 1.54) is 19.2 Å². The maximum absolute atomic E-state index is 11.7. The van der Waals surface area contributed by atoms with Crippen molar-refractivity contribution in [2.75, 3.05) is 12.4 Å². The van der Waals surface area contributed by atoms with Gasteiger partial charge in [-0.2, -0.15) is 0 Å². The number of carboxylic acids is 1. The average molecular weight is 297 g/mol. The summed E-state index contributed by atoms with van der Waals surface area (Å²) in [6.45, 7) is 1.60. The van der Waals surface area contributed by atoms with E-state index in [1.807, 2.05) is 0 Å². The molecule has 0 spiro atoms. The zero-order chi connectivity index (χ0) is 16.0. The number of anilines is 1. The van der Waals surface area contributed by atoms with Crippen molar-refractivity contribution in [3.05, 3.63) is 28.3 Å². The Morgan fingerprint density at radius 1 is 1.48 bits per heavy atom. The summed E-state index contributed by atoms with van der Waals surface area (Å²) in [5, 5.41) is 24.1. The number of aliphatic carboxylic acids is 1. The van der Waals surface area contributed by atoms with E-state index in [4.69, 9.17) is 9.84 Å². The van der Waals surface area contributed by atoms with E-state index in [0.29, 0.717) is 0 Å². The summed E-state index contributed by atoms with van der Waals surface area (Å²) in [7, 11) is 1.34. The molecule has 0 heterocycles. The first-order valence-electron chi connectivity index (χ1n) is 6.01. The van der Waals surface area contributed by atoms with Crippen LogP contribution >= 0.6 is 0 Å². The van der Waals surface area contributed by atoms with Crippen molar-refractivity contribution in [1.29, 1.82) is 0 Å². The number of nitro groups is 1. The van der Waals surface area contributed by atoms with Crippen LogP contribution in [0, 0.1) is 10.1 Å². The van der Waals surface area contributed by atoms with Gasteiger partial charge in [0.15, 0.2) is 0 Å². The lowest BCUT2D eigenvalue weighted by atomic mass is 10.2. The van der Waals surface area contributed by atoms with Gasteiger partial charge in [0.2, 0.25) is 0 Å². The minimum Gasteiger partial charge on any atom is -0.495 e. The highest BCUT2D eigenvalue weighted by molar-refractivity contribution is 5.93. The van der Waals surface area contributed by atoms with Crippen LogP contribution in [0.5, 0.6) is 5.75 Å². The maximum Gasteiger partial charge on any atom is 0.326 e. The van der Waals surface area contributed by atoms with Gasteiger partial charge in [0, 0.05) is 12.1 Å². The summed E-state index contributed by atoms with van der Waals surface area (Å²) < 4.78 is 4.98. The Kier molecular flexibility index (Phi) is 5.47. The Morgan fingerprint density at radius 3 is 2.62 bits per heavy atom. The van der Waals surface area contributed by atoms with Crippen molar-refractivity contribution in [3.8, 4) is 5.75 Å². The van der Waals surface area contributed by atoms with Gasteiger partial charge in [-0.05, 0) is 12.5 Å². The van der Waals surface area contributed by atoms with Gasteiger partial charge in [0.05, 0.1) is 17.7 Å². The molecule has 0 aliphatic rings. The molecule has 114 valence electrons. The molecule has 9 nitrogen and oxygen atoms in total. The maximum atomic E-state index is 11.7. The predicted octanol–water partition coefficient (Wildman–Crippen LogP) is 1.59. The van der Waals surface area contributed by atoms with E-state index < -0.39 is 23.0 Å². The Balaban J connectivity index is 2.90. The van der Waals surface area contributed by atoms with Gasteiger partial charge in [-0.15, -0.1) is 0 Å². The van der Waals surface area contributed by atoms with Gasteiger partial charge in [0.25, 0.3) is 5.69 Å². The van der Waals surface area contributed by atoms with Crippen LogP contribution in [0.3, 0.4) is 0 Å². The Morgan fingerprint density at radius 2 is 2.14 bits per heavy atom. The van der Waals surface area contributed by atoms with Crippen molar-refractivity contribution in [2.24, 2.45) is 0 Å². The topological polar surface area (TPSA) is 131 Å². The number of carbonyl (C=O) groups excluding carboxylic acids is 1. The second-order valence-electron chi connectivity index (χ2n) is 4.04. The number of benzene rings is 1. The highest BCUT2D eigenvalue weighted by Gasteiger charge is 2.19. The van der Waals surface area contributed by atoms with Crippen molar-refractivity contribution in [2.45, 2.75) is 19.4 Å². The third kappa shape index (κ3) is 4.34. The third-order valence-electron chi connectivity index (χ3n) is 2.65. The number of nitro benzene ring substituents is 1. The summed E-state index contributed by atoms with van der Waals surface area (Å²) in [6.07, 6.45) is 0.203. The van der Waals surface area contributed by atoms with Crippen LogP contribution in [-0.2, 0) is 4.79 Å². The summed E-state index contributed by atoms with van der Waals surface area (Å²) in [4.78, 5) is 32.6. The normalized spacial score (nSPS) is 11.3. The van der Waals surface area contributed by atoms with E-state index in [1.54, 1.807) is 6.92 Å². The molecular formula is C12H15N3O6. The predicted molar refractivity (Wildman–Crippen MR) is 73.5 cm³/mol. The highest BCUT2D eigenvalue weighted by atomic mass is 16.6. The SMILES string of the molecule is CC[C@H](NC(=O)Nc1cc([N+](=O)[O-])ccc1OC)C(=O)O. The van der Waals surface area contributed by atoms with Crippen LogP contribution < -0.4 is 15.4 Å². The second kappa shape index (κ2) is 7.08. The molecule has 1 aromatic carbocycles. The van der Waals surface area contributed by atoms with Gasteiger partial charge < -0.3 is 20.5 Å². The first-order valence-corrected chi connectivity index (χ1v) is 6.01. The first kappa shape index (κ1) is 16.2. The van der Waals surface area contributed by atoms with Gasteiger partial charge >= 0.3 is 12.0 Å². The zero-order valence-corrected chi connectivity index (χ0v) is 11.5. The van der Waals surface area contributed by atoms with Crippen LogP contribution in [0.4, 0.5) is 16.2 Å². The summed E-state index contributed by atoms with van der Waals surface area (Å²) in [6, 6.07) is 1.86. The molecule has 21 heavy (non-hydrogen) atoms. The third-order valence-corrected chi connectivity index (χ3v) is 2.65. The molecule has 0 saturated carbocycles. The lowest BCUT2D eigenvalue weighted by Gasteiger charge is -2.14. The minimum absolute atomic E-state index is 0.0736. The fraction of sp³-hybridized carbons (Fsp3) is 0.333. The molecule has 0 aliphatic heterocycles. The molecule has 1 rings (SSSR count). The highest BCUT2D eigenvalue weighted by Crippen LogP contribution is 2.28. The zero-order valence-electron chi connectivity index (χ0n) is 11.5. The smallest absolute Gasteiger partial charge is 0.326 e. The van der Waals surface area contributed by atoms with E-state index >= 15 is 0 Å². The van der Waals surface area contributed by atoms with Gasteiger partial charge in [-0.1, -0.05) is 6.92 Å². The number of carboxylic acid groups (broad SMARTS) is 1. The van der Waals surface area contributed by atoms with Crippen molar-refractivity contribution in [3.63, 3.8) is 0 Å². The van der Waals surface area contributed by atoms with E-state index in [-0.39, 0.29) is 23.5 Å². The fourth-order valence-corrected chi connectivity index (χ4v) is 1.56. The summed E-state index contributed by atoms with van der Waals surface area (Å²) >= 11 is 0. The largest absolute Gasteiger partial charge is 0.495 e. The van der Waals surface area contributed by atoms with E-state index in [9.17, 15) is 19.7 Å². The Hall–Kier alpha value is -2.84. The summed E-state index contributed by atoms with van der Waals surface area (Å²) in [5.41, 5.74) is -0.152. The second-order valence-corrected chi connectivity index (χ2v) is 4.04. The average Bonchev–Trinajstić information content (AvgIpc) is 2.44. The van der Waals surface area contributed by atoms with Crippen molar-refractivity contribution >= 4 is 23.4 Å². The minimum atomic E-state index is -1.17. The Bertz CT molecular complexity index is 560. The molecule has 0 radical (unpaired) electrons. The van der Waals surface area contributed by atoms with Crippen LogP contribution in [0.15, 0.2) is 18.2 Å². The number of urea groups is 1. The number of non-ortho nitro benzene ring substituents is 1. The molecule has 3 N–H and O–H groups in total. The van der Waals surface area contributed by atoms with Gasteiger partial charge in [0.1, 0.15) is 11.8 Å². The van der Waals surface area contributed by atoms with Crippen LogP contribution in [0.2, 0.25) is 0 Å². The number of nitrogens with zero attached hydrogens (tertiary/aromatic N) is 1. The number of ether oxygens (including phenoxy) is 1. The van der Waals surface area contributed by atoms with Gasteiger partial charge in [-0.25, -0.2) is 9.59 Å². The number of rotatable bonds is 6. The molecule has 0 fully saturated rings. The van der Waals surface area contributed by atoms with Crippen molar-refractivity contribution in [1.82, 2.24) is 5.32 Å². The van der Waals surface area contributed by atoms with E-state index in [2.05, 4.69) is 10.6 Å². The standard InChI is InChI=1S/C12H15N3O6/c1-3-8(11(16)17)13-12(18)14-9-6-7(15(19)20)4-5-10(9)21-2/h4-6,8H,3H2,1-2H3,(H,16,17)(H2,13,14,18)/t8-/m0/s1. The molecule has 2 amide bonds. The lowest BCUT2D eigenvalue weighted by molar-refractivity contribution is -0.384. The number of nitrogens with one attached hydrogen (secondary N) is 2. The number of hydrogen-bond acceptors (Lipinski definition) is 5. The number of carbonyl (C=O) groups is 2. The molecule has 1 atom stereocenters. The van der Waals surface area contributed by atoms with Crippen LogP contribution in [-0.4, -0.2) is 35.2 Å². The van der Waals surface area contributed by atoms with E-state index in [0.717, 1.165) is 6.07 Å². The molecule has 0 bridgehead atoms. The van der Waals surface area contributed by atoms with Gasteiger partial charge in [-0.3, -0.25) is 10.1 Å². The fourth-order valence-electron chi connectivity index (χ4n) is 1.56. The molecule has 0 aromatic heterocycles. The first-order chi connectivity index (χ1) is 9.88. The molecule has 0 aliphatic carbocycles. The molecule has 9 heteroatoms. The number of amides is 2. The van der Waals surface area contributed by atoms with Crippen LogP contribution in [0.25, 0.3) is 0 Å². The molecular weight excluding hydrogens is 282 g/mol.